The first-order chi connectivity index (χ1) is 8.65. The van der Waals surface area contributed by atoms with Crippen molar-refractivity contribution < 1.29 is 8.78 Å². The van der Waals surface area contributed by atoms with Gasteiger partial charge in [0.2, 0.25) is 0 Å². The molecule has 2 rings (SSSR count). The molecule has 1 aliphatic rings. The summed E-state index contributed by atoms with van der Waals surface area (Å²) in [5.74, 6) is -1.07. The molecule has 18 heavy (non-hydrogen) atoms. The van der Waals surface area contributed by atoms with E-state index < -0.39 is 11.6 Å². The minimum Gasteiger partial charge on any atom is -0.324 e. The maximum Gasteiger partial charge on any atom is 0.126 e. The number of benzene rings is 1. The molecule has 2 N–H and O–H groups in total. The Balaban J connectivity index is 2.05. The molecule has 1 aromatic carbocycles. The molecular weight excluding hydrogens is 232 g/mol. The van der Waals surface area contributed by atoms with Crippen LogP contribution in [0.2, 0.25) is 0 Å². The molecule has 0 saturated heterocycles. The van der Waals surface area contributed by atoms with Crippen LogP contribution >= 0.6 is 0 Å². The molecule has 0 heterocycles. The van der Waals surface area contributed by atoms with E-state index in [0.29, 0.717) is 12.0 Å². The largest absolute Gasteiger partial charge is 0.324 e. The van der Waals surface area contributed by atoms with Gasteiger partial charge in [0.15, 0.2) is 0 Å². The summed E-state index contributed by atoms with van der Waals surface area (Å²) in [6.45, 7) is 0. The third-order valence-electron chi connectivity index (χ3n) is 3.43. The summed E-state index contributed by atoms with van der Waals surface area (Å²) in [7, 11) is 0. The molecule has 98 valence electrons. The molecular formula is C15H19F2N. The second-order valence-corrected chi connectivity index (χ2v) is 4.97. The Kier molecular flexibility index (Phi) is 4.48. The van der Waals surface area contributed by atoms with Crippen LogP contribution in [0.5, 0.6) is 0 Å². The molecule has 0 bridgehead atoms. The van der Waals surface area contributed by atoms with Crippen LogP contribution in [0.4, 0.5) is 8.78 Å². The molecule has 0 amide bonds. The van der Waals surface area contributed by atoms with Gasteiger partial charge in [-0.05, 0) is 49.8 Å². The van der Waals surface area contributed by atoms with Gasteiger partial charge in [-0.25, -0.2) is 8.78 Å². The first-order valence-electron chi connectivity index (χ1n) is 6.54. The van der Waals surface area contributed by atoms with Crippen LogP contribution in [0.25, 0.3) is 0 Å². The number of hydrogen-bond acceptors (Lipinski definition) is 1. The average molecular weight is 251 g/mol. The van der Waals surface area contributed by atoms with E-state index in [1.165, 1.54) is 30.5 Å². The van der Waals surface area contributed by atoms with Crippen molar-refractivity contribution in [2.75, 3.05) is 0 Å². The van der Waals surface area contributed by atoms with E-state index in [1.54, 1.807) is 0 Å². The molecule has 1 nitrogen and oxygen atoms in total. The lowest BCUT2D eigenvalue weighted by Gasteiger charge is -2.15. The standard InChI is InChI=1S/C15H19F2N/c16-13-7-11(8-14(17)10-13)9-15(18)12-5-3-1-2-4-6-12/h5,7-8,10,15H,1-4,6,9,18H2. The van der Waals surface area contributed by atoms with E-state index in [-0.39, 0.29) is 6.04 Å². The molecule has 0 radical (unpaired) electrons. The second kappa shape index (κ2) is 6.10. The van der Waals surface area contributed by atoms with Crippen molar-refractivity contribution in [3.63, 3.8) is 0 Å². The summed E-state index contributed by atoms with van der Waals surface area (Å²) in [5.41, 5.74) is 8.00. The molecule has 3 heteroatoms. The van der Waals surface area contributed by atoms with Crippen LogP contribution in [0.1, 0.15) is 37.7 Å². The van der Waals surface area contributed by atoms with Crippen LogP contribution < -0.4 is 5.73 Å². The van der Waals surface area contributed by atoms with Gasteiger partial charge in [-0.3, -0.25) is 0 Å². The monoisotopic (exact) mass is 251 g/mol. The lowest BCUT2D eigenvalue weighted by Crippen LogP contribution is -2.25. The van der Waals surface area contributed by atoms with Gasteiger partial charge in [0.25, 0.3) is 0 Å². The van der Waals surface area contributed by atoms with Gasteiger partial charge in [-0.2, -0.15) is 0 Å². The molecule has 0 aromatic heterocycles. The van der Waals surface area contributed by atoms with Crippen LogP contribution in [0.15, 0.2) is 29.8 Å². The average Bonchev–Trinajstić information content (AvgIpc) is 2.55. The predicted octanol–water partition coefficient (Wildman–Crippen LogP) is 3.73. The van der Waals surface area contributed by atoms with Crippen molar-refractivity contribution in [2.45, 2.75) is 44.6 Å². The van der Waals surface area contributed by atoms with Crippen LogP contribution in [-0.4, -0.2) is 6.04 Å². The van der Waals surface area contributed by atoms with Crippen molar-refractivity contribution >= 4 is 0 Å². The molecule has 1 aliphatic carbocycles. The van der Waals surface area contributed by atoms with Crippen molar-refractivity contribution in [1.29, 1.82) is 0 Å². The highest BCUT2D eigenvalue weighted by molar-refractivity contribution is 5.22. The van der Waals surface area contributed by atoms with Gasteiger partial charge in [0.1, 0.15) is 11.6 Å². The number of halogens is 2. The van der Waals surface area contributed by atoms with Crippen LogP contribution in [-0.2, 0) is 6.42 Å². The molecule has 0 spiro atoms. The number of rotatable bonds is 3. The highest BCUT2D eigenvalue weighted by Gasteiger charge is 2.13. The van der Waals surface area contributed by atoms with Crippen molar-refractivity contribution in [1.82, 2.24) is 0 Å². The maximum absolute atomic E-state index is 13.1. The van der Waals surface area contributed by atoms with Gasteiger partial charge in [0, 0.05) is 12.1 Å². The summed E-state index contributed by atoms with van der Waals surface area (Å²) >= 11 is 0. The first kappa shape index (κ1) is 13.2. The summed E-state index contributed by atoms with van der Waals surface area (Å²) in [6, 6.07) is 3.49. The third kappa shape index (κ3) is 3.64. The molecule has 1 aromatic rings. The molecule has 1 unspecified atom stereocenters. The zero-order chi connectivity index (χ0) is 13.0. The van der Waals surface area contributed by atoms with E-state index in [4.69, 9.17) is 5.73 Å². The van der Waals surface area contributed by atoms with Gasteiger partial charge in [-0.15, -0.1) is 0 Å². The molecule has 1 atom stereocenters. The highest BCUT2D eigenvalue weighted by atomic mass is 19.1. The smallest absolute Gasteiger partial charge is 0.126 e. The van der Waals surface area contributed by atoms with E-state index in [0.717, 1.165) is 25.3 Å². The fraction of sp³-hybridized carbons (Fsp3) is 0.467. The minimum absolute atomic E-state index is 0.121. The molecule has 0 saturated carbocycles. The Morgan fingerprint density at radius 1 is 1.06 bits per heavy atom. The maximum atomic E-state index is 13.1. The summed E-state index contributed by atoms with van der Waals surface area (Å²) in [5, 5.41) is 0. The van der Waals surface area contributed by atoms with Gasteiger partial charge in [0.05, 0.1) is 0 Å². The molecule has 0 fully saturated rings. The second-order valence-electron chi connectivity index (χ2n) is 4.97. The van der Waals surface area contributed by atoms with Gasteiger partial charge >= 0.3 is 0 Å². The van der Waals surface area contributed by atoms with Crippen LogP contribution in [0, 0.1) is 11.6 Å². The number of hydrogen-bond donors (Lipinski definition) is 1. The lowest BCUT2D eigenvalue weighted by atomic mass is 9.96. The number of nitrogens with two attached hydrogens (primary N) is 1. The lowest BCUT2D eigenvalue weighted by molar-refractivity contribution is 0.577. The zero-order valence-electron chi connectivity index (χ0n) is 10.5. The summed E-state index contributed by atoms with van der Waals surface area (Å²) < 4.78 is 26.2. The Bertz CT molecular complexity index is 420. The Hall–Kier alpha value is -1.22. The Labute approximate surface area is 107 Å². The van der Waals surface area contributed by atoms with Crippen molar-refractivity contribution in [3.05, 3.63) is 47.0 Å². The van der Waals surface area contributed by atoms with Gasteiger partial charge in [-0.1, -0.05) is 18.1 Å². The third-order valence-corrected chi connectivity index (χ3v) is 3.43. The minimum atomic E-state index is -0.535. The summed E-state index contributed by atoms with van der Waals surface area (Å²) in [6.07, 6.45) is 8.40. The first-order valence-corrected chi connectivity index (χ1v) is 6.54. The summed E-state index contributed by atoms with van der Waals surface area (Å²) in [4.78, 5) is 0. The number of allylic oxidation sites excluding steroid dienone is 1. The normalized spacial score (nSPS) is 18.1. The topological polar surface area (TPSA) is 26.0 Å². The SMILES string of the molecule is NC(Cc1cc(F)cc(F)c1)C1=CCCCCC1. The van der Waals surface area contributed by atoms with E-state index in [9.17, 15) is 8.78 Å². The predicted molar refractivity (Wildman–Crippen MR) is 69.2 cm³/mol. The van der Waals surface area contributed by atoms with Gasteiger partial charge < -0.3 is 5.73 Å². The van der Waals surface area contributed by atoms with E-state index >= 15 is 0 Å². The van der Waals surface area contributed by atoms with E-state index in [2.05, 4.69) is 6.08 Å². The Morgan fingerprint density at radius 3 is 2.50 bits per heavy atom. The molecule has 0 aliphatic heterocycles. The fourth-order valence-corrected chi connectivity index (χ4v) is 2.49. The zero-order valence-corrected chi connectivity index (χ0v) is 10.5. The van der Waals surface area contributed by atoms with Crippen molar-refractivity contribution in [2.24, 2.45) is 5.73 Å². The fourth-order valence-electron chi connectivity index (χ4n) is 2.49. The van der Waals surface area contributed by atoms with E-state index in [1.807, 2.05) is 0 Å². The van der Waals surface area contributed by atoms with Crippen LogP contribution in [0.3, 0.4) is 0 Å². The highest BCUT2D eigenvalue weighted by Crippen LogP contribution is 2.21. The van der Waals surface area contributed by atoms with Crippen molar-refractivity contribution in [3.8, 4) is 0 Å². The quantitative estimate of drug-likeness (QED) is 0.814. The Morgan fingerprint density at radius 2 is 1.78 bits per heavy atom.